The average molecular weight is 350 g/mol. The summed E-state index contributed by atoms with van der Waals surface area (Å²) in [5, 5.41) is 18.9. The highest BCUT2D eigenvalue weighted by molar-refractivity contribution is 5.29. The maximum atomic E-state index is 12.0. The van der Waals surface area contributed by atoms with E-state index in [-0.39, 0.29) is 18.6 Å². The Morgan fingerprint density at radius 1 is 1.32 bits per heavy atom. The van der Waals surface area contributed by atoms with E-state index in [9.17, 15) is 14.7 Å². The van der Waals surface area contributed by atoms with E-state index in [1.807, 2.05) is 0 Å². The molecule has 0 spiro atoms. The lowest BCUT2D eigenvalue weighted by Gasteiger charge is -2.14. The van der Waals surface area contributed by atoms with Crippen molar-refractivity contribution in [3.05, 3.63) is 32.6 Å². The van der Waals surface area contributed by atoms with Gasteiger partial charge in [-0.25, -0.2) is 4.79 Å². The molecule has 1 aromatic heterocycles. The molecule has 1 aliphatic rings. The number of aliphatic hydroxyl groups is 2. The second kappa shape index (κ2) is 9.56. The van der Waals surface area contributed by atoms with Gasteiger partial charge in [-0.3, -0.25) is 14.3 Å². The van der Waals surface area contributed by atoms with Crippen LogP contribution in [0.3, 0.4) is 0 Å². The summed E-state index contributed by atoms with van der Waals surface area (Å²) in [6.07, 6.45) is 5.63. The van der Waals surface area contributed by atoms with Crippen LogP contribution in [-0.4, -0.2) is 38.6 Å². The molecule has 0 radical (unpaired) electrons. The number of H-pyrrole nitrogens is 1. The van der Waals surface area contributed by atoms with Gasteiger partial charge in [-0.1, -0.05) is 44.4 Å². The predicted octanol–water partition coefficient (Wildman–Crippen LogP) is 0.889. The Bertz CT molecular complexity index is 727. The predicted molar refractivity (Wildman–Crippen MR) is 93.2 cm³/mol. The minimum absolute atomic E-state index is 0.168. The molecule has 0 aromatic carbocycles. The Morgan fingerprint density at radius 3 is 2.76 bits per heavy atom. The average Bonchev–Trinajstić information content (AvgIpc) is 2.96. The number of hydrogen-bond acceptors (Lipinski definition) is 5. The maximum Gasteiger partial charge on any atom is 0.330 e. The first-order chi connectivity index (χ1) is 12.1. The van der Waals surface area contributed by atoms with Crippen LogP contribution in [-0.2, 0) is 4.74 Å². The standard InChI is InChI=1S/C18H26N2O5/c1-2-3-4-5-6-7-8-9-13-11-20(18(24)19-17(13)23)16-10-14(22)15(12-21)25-16/h11,14-16,21-22H,2-7,10,12H2,1H3,(H,19,23,24)/t14-,15+,16+/m0/s1. The van der Waals surface area contributed by atoms with Crippen molar-refractivity contribution in [3.63, 3.8) is 0 Å². The molecule has 2 heterocycles. The summed E-state index contributed by atoms with van der Waals surface area (Å²) in [4.78, 5) is 26.1. The van der Waals surface area contributed by atoms with Gasteiger partial charge in [0.15, 0.2) is 0 Å². The smallest absolute Gasteiger partial charge is 0.330 e. The van der Waals surface area contributed by atoms with Gasteiger partial charge in [0.05, 0.1) is 12.7 Å². The summed E-state index contributed by atoms with van der Waals surface area (Å²) in [5.41, 5.74) is -0.957. The molecule has 3 atom stereocenters. The number of hydrogen-bond donors (Lipinski definition) is 3. The van der Waals surface area contributed by atoms with Crippen molar-refractivity contribution < 1.29 is 14.9 Å². The molecule has 0 saturated carbocycles. The molecule has 7 nitrogen and oxygen atoms in total. The molecular formula is C18H26N2O5. The fraction of sp³-hybridized carbons (Fsp3) is 0.667. The molecule has 1 fully saturated rings. The fourth-order valence-corrected chi connectivity index (χ4v) is 2.81. The number of rotatable bonds is 7. The van der Waals surface area contributed by atoms with Crippen LogP contribution in [0.2, 0.25) is 0 Å². The second-order valence-electron chi connectivity index (χ2n) is 6.29. The number of aromatic nitrogens is 2. The lowest BCUT2D eigenvalue weighted by Crippen LogP contribution is -2.33. The van der Waals surface area contributed by atoms with Gasteiger partial charge >= 0.3 is 5.69 Å². The van der Waals surface area contributed by atoms with Crippen molar-refractivity contribution in [2.24, 2.45) is 0 Å². The van der Waals surface area contributed by atoms with E-state index in [4.69, 9.17) is 9.84 Å². The van der Waals surface area contributed by atoms with Crippen molar-refractivity contribution in [2.75, 3.05) is 6.61 Å². The third-order valence-corrected chi connectivity index (χ3v) is 4.29. The largest absolute Gasteiger partial charge is 0.394 e. The van der Waals surface area contributed by atoms with Crippen LogP contribution in [0.25, 0.3) is 0 Å². The molecule has 1 aliphatic heterocycles. The van der Waals surface area contributed by atoms with Crippen LogP contribution in [0, 0.1) is 11.8 Å². The van der Waals surface area contributed by atoms with E-state index in [1.54, 1.807) is 0 Å². The van der Waals surface area contributed by atoms with Crippen molar-refractivity contribution in [3.8, 4) is 11.8 Å². The molecular weight excluding hydrogens is 324 g/mol. The van der Waals surface area contributed by atoms with Gasteiger partial charge in [-0.05, 0) is 6.42 Å². The molecule has 3 N–H and O–H groups in total. The molecule has 25 heavy (non-hydrogen) atoms. The Hall–Kier alpha value is -1.88. The number of aromatic amines is 1. The first kappa shape index (κ1) is 19.4. The topological polar surface area (TPSA) is 105 Å². The summed E-state index contributed by atoms with van der Waals surface area (Å²) in [5.74, 6) is 5.78. The van der Waals surface area contributed by atoms with Gasteiger partial charge in [0, 0.05) is 19.0 Å². The Balaban J connectivity index is 2.06. The quantitative estimate of drug-likeness (QED) is 0.500. The van der Waals surface area contributed by atoms with Crippen molar-refractivity contribution >= 4 is 0 Å². The molecule has 2 rings (SSSR count). The monoisotopic (exact) mass is 350 g/mol. The van der Waals surface area contributed by atoms with E-state index in [1.165, 1.54) is 30.0 Å². The van der Waals surface area contributed by atoms with Gasteiger partial charge in [0.2, 0.25) is 0 Å². The number of nitrogens with zero attached hydrogens (tertiary/aromatic N) is 1. The second-order valence-corrected chi connectivity index (χ2v) is 6.29. The van der Waals surface area contributed by atoms with Crippen LogP contribution in [0.15, 0.2) is 15.8 Å². The van der Waals surface area contributed by atoms with Crippen LogP contribution in [0.5, 0.6) is 0 Å². The normalized spacial score (nSPS) is 22.6. The highest BCUT2D eigenvalue weighted by atomic mass is 16.5. The van der Waals surface area contributed by atoms with Crippen molar-refractivity contribution in [1.82, 2.24) is 9.55 Å². The lowest BCUT2D eigenvalue weighted by atomic mass is 10.1. The Labute approximate surface area is 146 Å². The zero-order valence-corrected chi connectivity index (χ0v) is 14.5. The molecule has 1 aromatic rings. The fourth-order valence-electron chi connectivity index (χ4n) is 2.81. The highest BCUT2D eigenvalue weighted by Gasteiger charge is 2.35. The number of ether oxygens (including phenoxy) is 1. The van der Waals surface area contributed by atoms with Gasteiger partial charge in [0.1, 0.15) is 17.9 Å². The summed E-state index contributed by atoms with van der Waals surface area (Å²) in [6.45, 7) is 1.83. The summed E-state index contributed by atoms with van der Waals surface area (Å²) in [7, 11) is 0. The molecule has 0 bridgehead atoms. The summed E-state index contributed by atoms with van der Waals surface area (Å²) < 4.78 is 6.67. The molecule has 0 unspecified atom stereocenters. The Morgan fingerprint density at radius 2 is 2.08 bits per heavy atom. The van der Waals surface area contributed by atoms with Crippen LogP contribution in [0.4, 0.5) is 0 Å². The SMILES string of the molecule is CCCCCCCC#Cc1cn([C@H]2C[C@H](O)[C@@H](CO)O2)c(=O)[nH]c1=O. The molecule has 7 heteroatoms. The minimum atomic E-state index is -0.855. The maximum absolute atomic E-state index is 12.0. The number of aliphatic hydroxyl groups excluding tert-OH is 2. The first-order valence-electron chi connectivity index (χ1n) is 8.85. The van der Waals surface area contributed by atoms with E-state index in [2.05, 4.69) is 23.7 Å². The lowest BCUT2D eigenvalue weighted by molar-refractivity contribution is -0.0459. The van der Waals surface area contributed by atoms with Crippen LogP contribution < -0.4 is 11.2 Å². The van der Waals surface area contributed by atoms with Gasteiger partial charge < -0.3 is 14.9 Å². The molecule has 138 valence electrons. The van der Waals surface area contributed by atoms with Crippen LogP contribution >= 0.6 is 0 Å². The first-order valence-corrected chi connectivity index (χ1v) is 8.85. The van der Waals surface area contributed by atoms with Gasteiger partial charge in [-0.15, -0.1) is 0 Å². The van der Waals surface area contributed by atoms with Crippen molar-refractivity contribution in [2.45, 2.75) is 70.3 Å². The highest BCUT2D eigenvalue weighted by Crippen LogP contribution is 2.27. The molecule has 0 amide bonds. The molecule has 0 aliphatic carbocycles. The van der Waals surface area contributed by atoms with E-state index in [0.29, 0.717) is 6.42 Å². The third kappa shape index (κ3) is 5.30. The zero-order valence-electron chi connectivity index (χ0n) is 14.5. The van der Waals surface area contributed by atoms with Crippen LogP contribution in [0.1, 0.15) is 63.7 Å². The number of nitrogens with one attached hydrogen (secondary N) is 1. The minimum Gasteiger partial charge on any atom is -0.394 e. The third-order valence-electron chi connectivity index (χ3n) is 4.29. The number of unbranched alkanes of at least 4 members (excludes halogenated alkanes) is 5. The Kier molecular flexibility index (Phi) is 7.44. The summed E-state index contributed by atoms with van der Waals surface area (Å²) >= 11 is 0. The van der Waals surface area contributed by atoms with E-state index >= 15 is 0 Å². The van der Waals surface area contributed by atoms with Gasteiger partial charge in [0.25, 0.3) is 5.56 Å². The van der Waals surface area contributed by atoms with E-state index in [0.717, 1.165) is 12.8 Å². The van der Waals surface area contributed by atoms with Crippen molar-refractivity contribution in [1.29, 1.82) is 0 Å². The summed E-state index contributed by atoms with van der Waals surface area (Å²) in [6, 6.07) is 0. The van der Waals surface area contributed by atoms with E-state index < -0.39 is 29.7 Å². The molecule has 1 saturated heterocycles. The zero-order chi connectivity index (χ0) is 18.2. The van der Waals surface area contributed by atoms with Gasteiger partial charge in [-0.2, -0.15) is 0 Å².